The Morgan fingerprint density at radius 1 is 0.889 bits per heavy atom. The van der Waals surface area contributed by atoms with E-state index in [1.807, 2.05) is 6.07 Å². The second-order valence-corrected chi connectivity index (χ2v) is 3.96. The fraction of sp³-hybridized carbons (Fsp3) is 0.0667. The van der Waals surface area contributed by atoms with Crippen molar-refractivity contribution in [2.45, 2.75) is 6.92 Å². The van der Waals surface area contributed by atoms with Crippen LogP contribution in [0.4, 0.5) is 0 Å². The lowest BCUT2D eigenvalue weighted by molar-refractivity contribution is -0.255. The van der Waals surface area contributed by atoms with Crippen molar-refractivity contribution >= 4 is 11.8 Å². The first-order valence-corrected chi connectivity index (χ1v) is 5.52. The lowest BCUT2D eigenvalue weighted by Crippen LogP contribution is -2.24. The van der Waals surface area contributed by atoms with Crippen molar-refractivity contribution in [2.24, 2.45) is 0 Å². The minimum Gasteiger partial charge on any atom is -0.545 e. The summed E-state index contributed by atoms with van der Waals surface area (Å²) < 4.78 is 0. The van der Waals surface area contributed by atoms with Crippen molar-refractivity contribution in [3.8, 4) is 0 Å². The normalized spacial score (nSPS) is 10.1. The SMILES string of the molecule is Cc1c(C(=O)[O-])cccc1C(=O)c1ccccc1. The van der Waals surface area contributed by atoms with Gasteiger partial charge in [-0.15, -0.1) is 0 Å². The monoisotopic (exact) mass is 239 g/mol. The third-order valence-corrected chi connectivity index (χ3v) is 2.83. The van der Waals surface area contributed by atoms with Crippen LogP contribution in [0.1, 0.15) is 31.8 Å². The van der Waals surface area contributed by atoms with Gasteiger partial charge in [0.15, 0.2) is 5.78 Å². The van der Waals surface area contributed by atoms with Gasteiger partial charge >= 0.3 is 0 Å². The summed E-state index contributed by atoms with van der Waals surface area (Å²) in [5.74, 6) is -1.45. The molecule has 90 valence electrons. The van der Waals surface area contributed by atoms with Crippen LogP contribution in [0, 0.1) is 6.92 Å². The van der Waals surface area contributed by atoms with Gasteiger partial charge in [-0.2, -0.15) is 0 Å². The summed E-state index contributed by atoms with van der Waals surface area (Å²) >= 11 is 0. The van der Waals surface area contributed by atoms with E-state index in [0.29, 0.717) is 16.7 Å². The topological polar surface area (TPSA) is 57.2 Å². The van der Waals surface area contributed by atoms with Crippen molar-refractivity contribution in [2.75, 3.05) is 0 Å². The number of aromatic carboxylic acids is 1. The molecule has 0 aliphatic heterocycles. The average Bonchev–Trinajstić information content (AvgIpc) is 2.39. The Kier molecular flexibility index (Phi) is 3.24. The molecule has 0 radical (unpaired) electrons. The first-order chi connectivity index (χ1) is 8.61. The highest BCUT2D eigenvalue weighted by Gasteiger charge is 2.13. The van der Waals surface area contributed by atoms with Crippen molar-refractivity contribution in [3.63, 3.8) is 0 Å². The third-order valence-electron chi connectivity index (χ3n) is 2.83. The molecule has 2 rings (SSSR count). The van der Waals surface area contributed by atoms with Gasteiger partial charge in [0.05, 0.1) is 5.97 Å². The van der Waals surface area contributed by atoms with Gasteiger partial charge in [-0.25, -0.2) is 0 Å². The van der Waals surface area contributed by atoms with E-state index < -0.39 is 5.97 Å². The minimum atomic E-state index is -1.27. The van der Waals surface area contributed by atoms with Crippen LogP contribution < -0.4 is 5.11 Å². The molecule has 3 heteroatoms. The molecule has 0 saturated heterocycles. The molecule has 0 unspecified atom stereocenters. The second kappa shape index (κ2) is 4.84. The number of rotatable bonds is 3. The zero-order valence-corrected chi connectivity index (χ0v) is 9.84. The third kappa shape index (κ3) is 2.15. The van der Waals surface area contributed by atoms with Crippen LogP contribution in [-0.2, 0) is 0 Å². The number of carboxylic acid groups (broad SMARTS) is 1. The molecule has 0 spiro atoms. The maximum absolute atomic E-state index is 12.2. The number of hydrogen-bond acceptors (Lipinski definition) is 3. The van der Waals surface area contributed by atoms with Crippen LogP contribution in [0.2, 0.25) is 0 Å². The number of carbonyl (C=O) groups excluding carboxylic acids is 2. The molecule has 2 aromatic carbocycles. The van der Waals surface area contributed by atoms with E-state index in [2.05, 4.69) is 0 Å². The smallest absolute Gasteiger partial charge is 0.193 e. The molecule has 2 aromatic rings. The summed E-state index contributed by atoms with van der Waals surface area (Å²) in [5.41, 5.74) is 1.42. The molecule has 0 N–H and O–H groups in total. The highest BCUT2D eigenvalue weighted by atomic mass is 16.4. The van der Waals surface area contributed by atoms with E-state index in [1.54, 1.807) is 43.3 Å². The Balaban J connectivity index is 2.50. The largest absolute Gasteiger partial charge is 0.545 e. The van der Waals surface area contributed by atoms with E-state index in [9.17, 15) is 14.7 Å². The zero-order valence-electron chi connectivity index (χ0n) is 9.84. The highest BCUT2D eigenvalue weighted by Crippen LogP contribution is 2.17. The van der Waals surface area contributed by atoms with Crippen LogP contribution in [-0.4, -0.2) is 11.8 Å². The number of ketones is 1. The lowest BCUT2D eigenvalue weighted by atomic mass is 9.96. The average molecular weight is 239 g/mol. The predicted molar refractivity (Wildman–Crippen MR) is 65.4 cm³/mol. The summed E-state index contributed by atoms with van der Waals surface area (Å²) in [6.07, 6.45) is 0. The Hall–Kier alpha value is -2.42. The fourth-order valence-corrected chi connectivity index (χ4v) is 1.85. The van der Waals surface area contributed by atoms with Crippen LogP contribution in [0.3, 0.4) is 0 Å². The number of benzene rings is 2. The lowest BCUT2D eigenvalue weighted by Gasteiger charge is -2.11. The minimum absolute atomic E-state index is 0.0526. The molecule has 0 atom stereocenters. The molecule has 0 aromatic heterocycles. The van der Waals surface area contributed by atoms with Crippen molar-refractivity contribution in [1.29, 1.82) is 0 Å². The molecular formula is C15H11O3-. The van der Waals surface area contributed by atoms with Crippen molar-refractivity contribution < 1.29 is 14.7 Å². The summed E-state index contributed by atoms with van der Waals surface area (Å²) in [5, 5.41) is 10.9. The number of hydrogen-bond donors (Lipinski definition) is 0. The van der Waals surface area contributed by atoms with Gasteiger partial charge in [0.2, 0.25) is 0 Å². The molecule has 0 amide bonds. The molecule has 0 bridgehead atoms. The molecule has 0 fully saturated rings. The maximum Gasteiger partial charge on any atom is 0.193 e. The molecule has 0 aliphatic carbocycles. The van der Waals surface area contributed by atoms with Gasteiger partial charge in [0, 0.05) is 16.7 Å². The molecule has 0 saturated carbocycles. The van der Waals surface area contributed by atoms with Crippen LogP contribution in [0.25, 0.3) is 0 Å². The van der Waals surface area contributed by atoms with E-state index in [1.165, 1.54) is 6.07 Å². The Morgan fingerprint density at radius 2 is 1.50 bits per heavy atom. The van der Waals surface area contributed by atoms with E-state index >= 15 is 0 Å². The Bertz CT molecular complexity index is 600. The van der Waals surface area contributed by atoms with E-state index in [4.69, 9.17) is 0 Å². The maximum atomic E-state index is 12.2. The molecular weight excluding hydrogens is 228 g/mol. The van der Waals surface area contributed by atoms with E-state index in [0.717, 1.165) is 0 Å². The summed E-state index contributed by atoms with van der Waals surface area (Å²) in [4.78, 5) is 23.1. The first kappa shape index (κ1) is 12.0. The van der Waals surface area contributed by atoms with Crippen molar-refractivity contribution in [1.82, 2.24) is 0 Å². The fourth-order valence-electron chi connectivity index (χ4n) is 1.85. The van der Waals surface area contributed by atoms with E-state index in [-0.39, 0.29) is 11.3 Å². The standard InChI is InChI=1S/C15H12O3/c1-10-12(8-5-9-13(10)15(17)18)14(16)11-6-3-2-4-7-11/h2-9H,1H3,(H,17,18)/p-1. The van der Waals surface area contributed by atoms with Crippen LogP contribution in [0.5, 0.6) is 0 Å². The van der Waals surface area contributed by atoms with Crippen molar-refractivity contribution in [3.05, 3.63) is 70.8 Å². The van der Waals surface area contributed by atoms with Gasteiger partial charge in [0.25, 0.3) is 0 Å². The summed E-state index contributed by atoms with van der Waals surface area (Å²) in [6.45, 7) is 1.61. The Morgan fingerprint density at radius 3 is 2.11 bits per heavy atom. The van der Waals surface area contributed by atoms with Crippen LogP contribution >= 0.6 is 0 Å². The number of carboxylic acids is 1. The molecule has 0 heterocycles. The number of carbonyl (C=O) groups is 2. The first-order valence-electron chi connectivity index (χ1n) is 5.52. The highest BCUT2D eigenvalue weighted by molar-refractivity contribution is 6.11. The molecule has 3 nitrogen and oxygen atoms in total. The molecule has 0 aliphatic rings. The summed E-state index contributed by atoms with van der Waals surface area (Å²) in [6, 6.07) is 13.4. The van der Waals surface area contributed by atoms with Gasteiger partial charge in [-0.3, -0.25) is 4.79 Å². The summed E-state index contributed by atoms with van der Waals surface area (Å²) in [7, 11) is 0. The van der Waals surface area contributed by atoms with Gasteiger partial charge in [-0.1, -0.05) is 48.5 Å². The van der Waals surface area contributed by atoms with Gasteiger partial charge in [0.1, 0.15) is 0 Å². The van der Waals surface area contributed by atoms with Gasteiger partial charge < -0.3 is 9.90 Å². The molecule has 18 heavy (non-hydrogen) atoms. The quantitative estimate of drug-likeness (QED) is 0.764. The Labute approximate surface area is 105 Å². The van der Waals surface area contributed by atoms with Gasteiger partial charge in [-0.05, 0) is 12.5 Å². The van der Waals surface area contributed by atoms with Crippen LogP contribution in [0.15, 0.2) is 48.5 Å². The zero-order chi connectivity index (χ0) is 13.1. The predicted octanol–water partition coefficient (Wildman–Crippen LogP) is 1.59. The second-order valence-electron chi connectivity index (χ2n) is 3.96.